The second kappa shape index (κ2) is 8.02. The molecule has 4 nitrogen and oxygen atoms in total. The van der Waals surface area contributed by atoms with Crippen molar-refractivity contribution in [3.63, 3.8) is 0 Å². The monoisotopic (exact) mass is 405 g/mol. The molecule has 0 saturated carbocycles. The summed E-state index contributed by atoms with van der Waals surface area (Å²) in [6, 6.07) is 11.8. The molecule has 0 aliphatic rings. The number of hydrogen-bond acceptors (Lipinski definition) is 3. The number of alkyl halides is 3. The lowest BCUT2D eigenvalue weighted by molar-refractivity contribution is -0.137. The van der Waals surface area contributed by atoms with Crippen molar-refractivity contribution in [2.24, 2.45) is 0 Å². The van der Waals surface area contributed by atoms with Gasteiger partial charge in [-0.2, -0.15) is 13.2 Å². The molecule has 0 aliphatic heterocycles. The maximum absolute atomic E-state index is 12.8. The number of urea groups is 1. The third-order valence-corrected chi connectivity index (χ3v) is 5.32. The van der Waals surface area contributed by atoms with Gasteiger partial charge in [0.05, 0.1) is 17.8 Å². The predicted molar refractivity (Wildman–Crippen MR) is 104 cm³/mol. The number of hydrogen-bond donors (Lipinski definition) is 2. The molecule has 0 bridgehead atoms. The van der Waals surface area contributed by atoms with Crippen molar-refractivity contribution in [2.75, 3.05) is 5.32 Å². The molecular formula is C20H18F3N3OS. The first kappa shape index (κ1) is 19.9. The van der Waals surface area contributed by atoms with E-state index >= 15 is 0 Å². The van der Waals surface area contributed by atoms with Crippen LogP contribution in [0.2, 0.25) is 0 Å². The van der Waals surface area contributed by atoms with Crippen LogP contribution in [0.3, 0.4) is 0 Å². The smallest absolute Gasteiger partial charge is 0.333 e. The Morgan fingerprint density at radius 2 is 1.86 bits per heavy atom. The number of rotatable bonds is 4. The van der Waals surface area contributed by atoms with Gasteiger partial charge in [-0.05, 0) is 37.6 Å². The first-order valence-electron chi connectivity index (χ1n) is 8.48. The van der Waals surface area contributed by atoms with Crippen LogP contribution in [0.15, 0.2) is 48.5 Å². The average Bonchev–Trinajstić information content (AvgIpc) is 3.00. The van der Waals surface area contributed by atoms with E-state index in [0.29, 0.717) is 0 Å². The van der Waals surface area contributed by atoms with Crippen LogP contribution in [0, 0.1) is 13.8 Å². The number of carbonyl (C=O) groups is 1. The number of thiazole rings is 1. The van der Waals surface area contributed by atoms with Gasteiger partial charge in [0.2, 0.25) is 0 Å². The van der Waals surface area contributed by atoms with E-state index in [2.05, 4.69) is 15.6 Å². The zero-order valence-corrected chi connectivity index (χ0v) is 16.0. The molecule has 0 fully saturated rings. The predicted octanol–water partition coefficient (Wildman–Crippen LogP) is 5.77. The van der Waals surface area contributed by atoms with E-state index in [0.717, 1.165) is 38.8 Å². The van der Waals surface area contributed by atoms with Gasteiger partial charge in [0.15, 0.2) is 0 Å². The van der Waals surface area contributed by atoms with Crippen LogP contribution >= 0.6 is 11.3 Å². The Morgan fingerprint density at radius 1 is 1.11 bits per heavy atom. The van der Waals surface area contributed by atoms with Crippen molar-refractivity contribution in [1.82, 2.24) is 10.3 Å². The standard InChI is InChI=1S/C20H18F3N3OS/c1-12-6-3-4-9-16(12)18-25-13(2)17(28-18)11-24-19(27)26-15-8-5-7-14(10-15)20(21,22)23/h3-10H,11H2,1-2H3,(H2,24,26,27). The highest BCUT2D eigenvalue weighted by Gasteiger charge is 2.30. The number of aromatic nitrogens is 1. The lowest BCUT2D eigenvalue weighted by atomic mass is 10.1. The molecule has 1 aromatic heterocycles. The van der Waals surface area contributed by atoms with Gasteiger partial charge in [0, 0.05) is 16.1 Å². The summed E-state index contributed by atoms with van der Waals surface area (Å²) in [6.45, 7) is 4.10. The fourth-order valence-corrected chi connectivity index (χ4v) is 3.72. The van der Waals surface area contributed by atoms with Crippen molar-refractivity contribution in [2.45, 2.75) is 26.6 Å². The molecule has 28 heavy (non-hydrogen) atoms. The number of nitrogens with one attached hydrogen (secondary N) is 2. The minimum atomic E-state index is -4.46. The molecule has 8 heteroatoms. The van der Waals surface area contributed by atoms with Gasteiger partial charge < -0.3 is 10.6 Å². The number of carbonyl (C=O) groups excluding carboxylic acids is 1. The molecule has 146 valence electrons. The van der Waals surface area contributed by atoms with Gasteiger partial charge in [-0.15, -0.1) is 11.3 Å². The minimum absolute atomic E-state index is 0.0777. The summed E-state index contributed by atoms with van der Waals surface area (Å²) in [6.07, 6.45) is -4.46. The fourth-order valence-electron chi connectivity index (χ4n) is 2.63. The first-order valence-corrected chi connectivity index (χ1v) is 9.30. The fraction of sp³-hybridized carbons (Fsp3) is 0.200. The SMILES string of the molecule is Cc1ccccc1-c1nc(C)c(CNC(=O)Nc2cccc(C(F)(F)F)c2)s1. The number of nitrogens with zero attached hydrogens (tertiary/aromatic N) is 1. The van der Waals surface area contributed by atoms with E-state index in [-0.39, 0.29) is 12.2 Å². The van der Waals surface area contributed by atoms with Gasteiger partial charge in [0.1, 0.15) is 5.01 Å². The van der Waals surface area contributed by atoms with Gasteiger partial charge in [-0.25, -0.2) is 9.78 Å². The average molecular weight is 405 g/mol. The lowest BCUT2D eigenvalue weighted by Crippen LogP contribution is -2.28. The Hall–Kier alpha value is -2.87. The van der Waals surface area contributed by atoms with Crippen molar-refractivity contribution in [1.29, 1.82) is 0 Å². The maximum atomic E-state index is 12.8. The Kier molecular flexibility index (Phi) is 5.69. The van der Waals surface area contributed by atoms with Crippen LogP contribution in [-0.4, -0.2) is 11.0 Å². The second-order valence-electron chi connectivity index (χ2n) is 6.23. The molecule has 0 saturated heterocycles. The maximum Gasteiger partial charge on any atom is 0.416 e. The highest BCUT2D eigenvalue weighted by atomic mass is 32.1. The number of benzene rings is 2. The highest BCUT2D eigenvalue weighted by Crippen LogP contribution is 2.31. The molecule has 2 aromatic carbocycles. The number of aryl methyl sites for hydroxylation is 2. The van der Waals surface area contributed by atoms with E-state index in [4.69, 9.17) is 0 Å². The largest absolute Gasteiger partial charge is 0.416 e. The molecule has 3 rings (SSSR count). The summed E-state index contributed by atoms with van der Waals surface area (Å²) in [5.41, 5.74) is 2.22. The van der Waals surface area contributed by atoms with Crippen LogP contribution < -0.4 is 10.6 Å². The topological polar surface area (TPSA) is 54.0 Å². The zero-order valence-electron chi connectivity index (χ0n) is 15.2. The van der Waals surface area contributed by atoms with E-state index < -0.39 is 17.8 Å². The van der Waals surface area contributed by atoms with Crippen molar-refractivity contribution in [3.8, 4) is 10.6 Å². The molecule has 3 aromatic rings. The lowest BCUT2D eigenvalue weighted by Gasteiger charge is -2.10. The van der Waals surface area contributed by atoms with Gasteiger partial charge in [-0.1, -0.05) is 30.3 Å². The Morgan fingerprint density at radius 3 is 2.57 bits per heavy atom. The summed E-state index contributed by atoms with van der Waals surface area (Å²) in [4.78, 5) is 17.5. The second-order valence-corrected chi connectivity index (χ2v) is 7.31. The summed E-state index contributed by atoms with van der Waals surface area (Å²) in [7, 11) is 0. The van der Waals surface area contributed by atoms with Crippen LogP contribution in [0.25, 0.3) is 10.6 Å². The molecule has 0 aliphatic carbocycles. The van der Waals surface area contributed by atoms with E-state index in [1.807, 2.05) is 38.1 Å². The van der Waals surface area contributed by atoms with Crippen LogP contribution in [-0.2, 0) is 12.7 Å². The Balaban J connectivity index is 1.65. The highest BCUT2D eigenvalue weighted by molar-refractivity contribution is 7.15. The van der Waals surface area contributed by atoms with Gasteiger partial charge in [-0.3, -0.25) is 0 Å². The molecule has 2 N–H and O–H groups in total. The third kappa shape index (κ3) is 4.69. The molecule has 0 atom stereocenters. The summed E-state index contributed by atoms with van der Waals surface area (Å²) >= 11 is 1.48. The summed E-state index contributed by atoms with van der Waals surface area (Å²) in [5, 5.41) is 5.96. The van der Waals surface area contributed by atoms with Crippen LogP contribution in [0.5, 0.6) is 0 Å². The van der Waals surface area contributed by atoms with E-state index in [1.165, 1.54) is 23.5 Å². The van der Waals surface area contributed by atoms with Crippen LogP contribution in [0.1, 0.15) is 21.7 Å². The van der Waals surface area contributed by atoms with Crippen LogP contribution in [0.4, 0.5) is 23.7 Å². The summed E-state index contributed by atoms with van der Waals surface area (Å²) in [5.74, 6) is 0. The number of amides is 2. The molecule has 2 amide bonds. The minimum Gasteiger partial charge on any atom is -0.333 e. The van der Waals surface area contributed by atoms with Crippen molar-refractivity contribution >= 4 is 23.1 Å². The zero-order chi connectivity index (χ0) is 20.3. The molecule has 0 unspecified atom stereocenters. The quantitative estimate of drug-likeness (QED) is 0.579. The summed E-state index contributed by atoms with van der Waals surface area (Å²) < 4.78 is 38.3. The number of anilines is 1. The number of halogens is 3. The van der Waals surface area contributed by atoms with E-state index in [1.54, 1.807) is 0 Å². The molecule has 1 heterocycles. The van der Waals surface area contributed by atoms with Crippen molar-refractivity contribution in [3.05, 3.63) is 70.2 Å². The van der Waals surface area contributed by atoms with Gasteiger partial charge >= 0.3 is 12.2 Å². The van der Waals surface area contributed by atoms with E-state index in [9.17, 15) is 18.0 Å². The third-order valence-electron chi connectivity index (χ3n) is 4.13. The Labute approximate surface area is 164 Å². The molecular weight excluding hydrogens is 387 g/mol. The van der Waals surface area contributed by atoms with Gasteiger partial charge in [0.25, 0.3) is 0 Å². The molecule has 0 radical (unpaired) electrons. The molecule has 0 spiro atoms. The normalized spacial score (nSPS) is 11.3. The Bertz CT molecular complexity index is 998. The first-order chi connectivity index (χ1) is 13.2. The van der Waals surface area contributed by atoms with Crippen molar-refractivity contribution < 1.29 is 18.0 Å².